The van der Waals surface area contributed by atoms with Gasteiger partial charge in [0.1, 0.15) is 11.5 Å². The molecular weight excluding hydrogens is 486 g/mol. The first-order valence-electron chi connectivity index (χ1n) is 8.88. The molecule has 1 heterocycles. The molecule has 1 aromatic heterocycles. The van der Waals surface area contributed by atoms with Gasteiger partial charge in [-0.1, -0.05) is 18.2 Å². The van der Waals surface area contributed by atoms with E-state index in [0.29, 0.717) is 31.0 Å². The first-order valence-corrected chi connectivity index (χ1v) is 8.88. The third kappa shape index (κ3) is 6.61. The lowest BCUT2D eigenvalue weighted by atomic mass is 10.1. The minimum atomic E-state index is -4.70. The van der Waals surface area contributed by atoms with Gasteiger partial charge in [-0.25, -0.2) is 0 Å². The lowest BCUT2D eigenvalue weighted by Crippen LogP contribution is -2.39. The molecule has 1 fully saturated rings. The SMILES string of the molecule is CCNC(=NCCc1ccco1)NC1CC1c1ccccc1OC(F)(F)F.I. The maximum atomic E-state index is 12.6. The van der Waals surface area contributed by atoms with Gasteiger partial charge in [0.05, 0.1) is 6.26 Å². The van der Waals surface area contributed by atoms with Crippen LogP contribution < -0.4 is 15.4 Å². The van der Waals surface area contributed by atoms with Crippen molar-refractivity contribution in [2.24, 2.45) is 4.99 Å². The van der Waals surface area contributed by atoms with Gasteiger partial charge in [-0.3, -0.25) is 4.99 Å². The van der Waals surface area contributed by atoms with Crippen LogP contribution in [0.3, 0.4) is 0 Å². The second-order valence-electron chi connectivity index (χ2n) is 6.27. The molecule has 154 valence electrons. The molecular formula is C19H23F3IN3O2. The van der Waals surface area contributed by atoms with Crippen molar-refractivity contribution in [2.75, 3.05) is 13.1 Å². The highest BCUT2D eigenvalue weighted by molar-refractivity contribution is 14.0. The number of nitrogens with zero attached hydrogens (tertiary/aromatic N) is 1. The molecule has 2 N–H and O–H groups in total. The monoisotopic (exact) mass is 509 g/mol. The lowest BCUT2D eigenvalue weighted by Gasteiger charge is -2.14. The number of hydrogen-bond donors (Lipinski definition) is 2. The van der Waals surface area contributed by atoms with Crippen LogP contribution in [0.25, 0.3) is 0 Å². The van der Waals surface area contributed by atoms with Gasteiger partial charge in [-0.05, 0) is 37.1 Å². The van der Waals surface area contributed by atoms with Crippen LogP contribution in [0.1, 0.15) is 30.6 Å². The van der Waals surface area contributed by atoms with Crippen LogP contribution in [0.4, 0.5) is 13.2 Å². The van der Waals surface area contributed by atoms with Crippen molar-refractivity contribution in [2.45, 2.75) is 38.1 Å². The molecule has 0 bridgehead atoms. The molecule has 0 aliphatic heterocycles. The molecule has 28 heavy (non-hydrogen) atoms. The quantitative estimate of drug-likeness (QED) is 0.329. The fraction of sp³-hybridized carbons (Fsp3) is 0.421. The van der Waals surface area contributed by atoms with Gasteiger partial charge in [0.2, 0.25) is 0 Å². The number of ether oxygens (including phenoxy) is 1. The molecule has 5 nitrogen and oxygen atoms in total. The Kier molecular flexibility index (Phi) is 8.02. The zero-order chi connectivity index (χ0) is 19.3. The van der Waals surface area contributed by atoms with Crippen molar-refractivity contribution in [3.05, 3.63) is 54.0 Å². The molecule has 2 atom stereocenters. The molecule has 0 spiro atoms. The van der Waals surface area contributed by atoms with Crippen molar-refractivity contribution in [3.8, 4) is 5.75 Å². The third-order valence-corrected chi connectivity index (χ3v) is 4.21. The van der Waals surface area contributed by atoms with E-state index in [2.05, 4.69) is 20.4 Å². The second-order valence-corrected chi connectivity index (χ2v) is 6.27. The fourth-order valence-electron chi connectivity index (χ4n) is 2.93. The first-order chi connectivity index (χ1) is 13.0. The molecule has 1 saturated carbocycles. The van der Waals surface area contributed by atoms with Crippen LogP contribution in [0.5, 0.6) is 5.75 Å². The summed E-state index contributed by atoms with van der Waals surface area (Å²) in [5.74, 6) is 1.32. The van der Waals surface area contributed by atoms with E-state index in [1.807, 2.05) is 19.1 Å². The summed E-state index contributed by atoms with van der Waals surface area (Å²) in [5, 5.41) is 6.44. The Hall–Kier alpha value is -1.91. The summed E-state index contributed by atoms with van der Waals surface area (Å²) in [6.45, 7) is 3.20. The average molecular weight is 509 g/mol. The van der Waals surface area contributed by atoms with E-state index in [-0.39, 0.29) is 41.7 Å². The van der Waals surface area contributed by atoms with Crippen LogP contribution >= 0.6 is 24.0 Å². The van der Waals surface area contributed by atoms with E-state index in [1.165, 1.54) is 12.1 Å². The van der Waals surface area contributed by atoms with E-state index in [0.717, 1.165) is 12.2 Å². The van der Waals surface area contributed by atoms with Crippen LogP contribution in [-0.2, 0) is 6.42 Å². The van der Waals surface area contributed by atoms with Gasteiger partial charge in [0, 0.05) is 31.5 Å². The van der Waals surface area contributed by atoms with E-state index in [1.54, 1.807) is 18.4 Å². The molecule has 1 aromatic carbocycles. The summed E-state index contributed by atoms with van der Waals surface area (Å²) in [4.78, 5) is 4.50. The van der Waals surface area contributed by atoms with Crippen LogP contribution in [0.15, 0.2) is 52.1 Å². The Bertz CT molecular complexity index is 766. The number of alkyl halides is 3. The number of furan rings is 1. The molecule has 2 aromatic rings. The molecule has 0 amide bonds. The van der Waals surface area contributed by atoms with Gasteiger partial charge in [0.25, 0.3) is 0 Å². The molecule has 9 heteroatoms. The summed E-state index contributed by atoms with van der Waals surface area (Å²) in [6, 6.07) is 10.0. The second kappa shape index (κ2) is 10.0. The first kappa shape index (κ1) is 22.4. The average Bonchev–Trinajstić information content (AvgIpc) is 3.15. The standard InChI is InChI=1S/C19H22F3N3O2.HI/c1-2-23-18(24-10-9-13-6-5-11-26-13)25-16-12-15(16)14-7-3-4-8-17(14)27-19(20,21)22;/h3-8,11,15-16H,2,9-10,12H2,1H3,(H2,23,24,25);1H. The van der Waals surface area contributed by atoms with Crippen LogP contribution in [0.2, 0.25) is 0 Å². The normalized spacial score (nSPS) is 18.9. The largest absolute Gasteiger partial charge is 0.573 e. The minimum absolute atomic E-state index is 0. The van der Waals surface area contributed by atoms with E-state index in [4.69, 9.17) is 4.42 Å². The van der Waals surface area contributed by atoms with Crippen molar-refractivity contribution >= 4 is 29.9 Å². The van der Waals surface area contributed by atoms with Crippen molar-refractivity contribution in [3.63, 3.8) is 0 Å². The Morgan fingerprint density at radius 1 is 1.25 bits per heavy atom. The highest BCUT2D eigenvalue weighted by Gasteiger charge is 2.42. The van der Waals surface area contributed by atoms with Gasteiger partial charge >= 0.3 is 6.36 Å². The zero-order valence-electron chi connectivity index (χ0n) is 15.3. The van der Waals surface area contributed by atoms with Gasteiger partial charge in [0.15, 0.2) is 5.96 Å². The van der Waals surface area contributed by atoms with E-state index < -0.39 is 6.36 Å². The molecule has 3 rings (SSSR count). The lowest BCUT2D eigenvalue weighted by molar-refractivity contribution is -0.274. The molecule has 1 aliphatic carbocycles. The highest BCUT2D eigenvalue weighted by atomic mass is 127. The van der Waals surface area contributed by atoms with E-state index >= 15 is 0 Å². The number of aliphatic imine (C=N–C) groups is 1. The van der Waals surface area contributed by atoms with Crippen molar-refractivity contribution in [1.82, 2.24) is 10.6 Å². The zero-order valence-corrected chi connectivity index (χ0v) is 17.7. The predicted molar refractivity (Wildman–Crippen MR) is 111 cm³/mol. The van der Waals surface area contributed by atoms with Gasteiger partial charge < -0.3 is 19.8 Å². The predicted octanol–water partition coefficient (Wildman–Crippen LogP) is 4.45. The summed E-state index contributed by atoms with van der Waals surface area (Å²) in [6.07, 6.45) is -1.67. The number of halogens is 4. The van der Waals surface area contributed by atoms with E-state index in [9.17, 15) is 13.2 Å². The summed E-state index contributed by atoms with van der Waals surface area (Å²) >= 11 is 0. The number of benzene rings is 1. The number of guanidine groups is 1. The molecule has 0 radical (unpaired) electrons. The summed E-state index contributed by atoms with van der Waals surface area (Å²) < 4.78 is 47.2. The van der Waals surface area contributed by atoms with Crippen molar-refractivity contribution in [1.29, 1.82) is 0 Å². The number of rotatable bonds is 7. The minimum Gasteiger partial charge on any atom is -0.469 e. The Labute approximate surface area is 178 Å². The molecule has 2 unspecified atom stereocenters. The number of para-hydroxylation sites is 1. The van der Waals surface area contributed by atoms with Crippen LogP contribution in [0, 0.1) is 0 Å². The third-order valence-electron chi connectivity index (χ3n) is 4.21. The maximum Gasteiger partial charge on any atom is 0.573 e. The van der Waals surface area contributed by atoms with Gasteiger partial charge in [-0.15, -0.1) is 37.1 Å². The maximum absolute atomic E-state index is 12.6. The summed E-state index contributed by atoms with van der Waals surface area (Å²) in [7, 11) is 0. The number of hydrogen-bond acceptors (Lipinski definition) is 3. The van der Waals surface area contributed by atoms with Gasteiger partial charge in [-0.2, -0.15) is 0 Å². The Balaban J connectivity index is 0.00000280. The number of nitrogens with one attached hydrogen (secondary N) is 2. The Morgan fingerprint density at radius 3 is 2.71 bits per heavy atom. The topological polar surface area (TPSA) is 58.8 Å². The molecule has 0 saturated heterocycles. The summed E-state index contributed by atoms with van der Waals surface area (Å²) in [5.41, 5.74) is 0.554. The van der Waals surface area contributed by atoms with Crippen LogP contribution in [-0.4, -0.2) is 31.5 Å². The highest BCUT2D eigenvalue weighted by Crippen LogP contribution is 2.45. The smallest absolute Gasteiger partial charge is 0.469 e. The fourth-order valence-corrected chi connectivity index (χ4v) is 2.93. The van der Waals surface area contributed by atoms with Crippen molar-refractivity contribution < 1.29 is 22.3 Å². The Morgan fingerprint density at radius 2 is 2.04 bits per heavy atom. The molecule has 1 aliphatic rings.